The largest absolute Gasteiger partial charge is 0.475 e. The number of thiazole rings is 1. The lowest BCUT2D eigenvalue weighted by Crippen LogP contribution is -2.40. The average molecular weight is 330 g/mol. The fraction of sp³-hybridized carbons (Fsp3) is 0.333. The lowest BCUT2D eigenvalue weighted by atomic mass is 10.1. The molecule has 0 amide bonds. The summed E-state index contributed by atoms with van der Waals surface area (Å²) in [6.07, 6.45) is 1.59. The second-order valence-electron chi connectivity index (χ2n) is 4.90. The topological polar surface area (TPSA) is 109 Å². The molecule has 0 aromatic carbocycles. The summed E-state index contributed by atoms with van der Waals surface area (Å²) in [7, 11) is -3.93. The number of carboxylic acids is 1. The van der Waals surface area contributed by atoms with Gasteiger partial charge < -0.3 is 9.52 Å². The molecule has 0 radical (unpaired) electrons. The van der Waals surface area contributed by atoms with Crippen LogP contribution in [0.5, 0.6) is 0 Å². The minimum atomic E-state index is -3.93. The van der Waals surface area contributed by atoms with Gasteiger partial charge in [-0.05, 0) is 20.8 Å². The van der Waals surface area contributed by atoms with E-state index >= 15 is 0 Å². The van der Waals surface area contributed by atoms with Gasteiger partial charge >= 0.3 is 5.97 Å². The van der Waals surface area contributed by atoms with E-state index in [0.29, 0.717) is 5.01 Å². The first-order valence-corrected chi connectivity index (χ1v) is 8.27. The number of nitrogens with one attached hydrogen (secondary N) is 1. The second-order valence-corrected chi connectivity index (χ2v) is 7.45. The lowest BCUT2D eigenvalue weighted by Gasteiger charge is -2.23. The zero-order valence-corrected chi connectivity index (χ0v) is 13.2. The molecule has 0 atom stereocenters. The third-order valence-corrected chi connectivity index (χ3v) is 5.59. The number of aromatic nitrogens is 1. The molecule has 2 rings (SSSR count). The third-order valence-electron chi connectivity index (χ3n) is 2.73. The summed E-state index contributed by atoms with van der Waals surface area (Å²) < 4.78 is 32.3. The fourth-order valence-corrected chi connectivity index (χ4v) is 4.15. The number of furan rings is 1. The molecule has 2 aromatic rings. The number of hydrogen-bond acceptors (Lipinski definition) is 6. The zero-order chi connectivity index (χ0) is 15.8. The predicted molar refractivity (Wildman–Crippen MR) is 75.9 cm³/mol. The van der Waals surface area contributed by atoms with Gasteiger partial charge in [0, 0.05) is 17.6 Å². The number of rotatable bonds is 5. The van der Waals surface area contributed by atoms with E-state index in [9.17, 15) is 13.2 Å². The van der Waals surface area contributed by atoms with Crippen LogP contribution in [0.15, 0.2) is 27.0 Å². The van der Waals surface area contributed by atoms with Gasteiger partial charge in [-0.3, -0.25) is 0 Å². The van der Waals surface area contributed by atoms with Crippen LogP contribution in [0, 0.1) is 6.92 Å². The molecule has 0 unspecified atom stereocenters. The molecule has 0 aliphatic heterocycles. The molecule has 114 valence electrons. The predicted octanol–water partition coefficient (Wildman–Crippen LogP) is 1.96. The van der Waals surface area contributed by atoms with Crippen molar-refractivity contribution in [3.63, 3.8) is 0 Å². The molecular formula is C12H14N2O5S2. The van der Waals surface area contributed by atoms with Crippen molar-refractivity contribution in [3.8, 4) is 0 Å². The van der Waals surface area contributed by atoms with Crippen molar-refractivity contribution in [3.05, 3.63) is 34.2 Å². The highest BCUT2D eigenvalue weighted by Gasteiger charge is 2.32. The van der Waals surface area contributed by atoms with E-state index in [0.717, 1.165) is 6.07 Å². The Morgan fingerprint density at radius 2 is 2.14 bits per heavy atom. The summed E-state index contributed by atoms with van der Waals surface area (Å²) >= 11 is 1.32. The molecular weight excluding hydrogens is 316 g/mol. The molecule has 7 nitrogen and oxygen atoms in total. The highest BCUT2D eigenvalue weighted by Crippen LogP contribution is 2.27. The van der Waals surface area contributed by atoms with Gasteiger partial charge in [-0.25, -0.2) is 18.2 Å². The monoisotopic (exact) mass is 330 g/mol. The minimum Gasteiger partial charge on any atom is -0.475 e. The molecule has 0 fully saturated rings. The van der Waals surface area contributed by atoms with Crippen molar-refractivity contribution in [1.82, 2.24) is 9.71 Å². The molecule has 21 heavy (non-hydrogen) atoms. The van der Waals surface area contributed by atoms with Crippen LogP contribution in [0.2, 0.25) is 0 Å². The summed E-state index contributed by atoms with van der Waals surface area (Å²) in [5.41, 5.74) is -0.917. The maximum atomic E-state index is 12.4. The molecule has 0 spiro atoms. The van der Waals surface area contributed by atoms with Crippen LogP contribution in [-0.4, -0.2) is 24.5 Å². The number of aromatic carboxylic acids is 1. The fourth-order valence-electron chi connectivity index (χ4n) is 1.80. The number of hydrogen-bond donors (Lipinski definition) is 2. The van der Waals surface area contributed by atoms with Gasteiger partial charge in [0.25, 0.3) is 0 Å². The SMILES string of the molecule is Cc1oc(C(=O)O)cc1S(=O)(=O)NC(C)(C)c1nccs1. The number of aryl methyl sites for hydroxylation is 1. The normalized spacial score (nSPS) is 12.5. The summed E-state index contributed by atoms with van der Waals surface area (Å²) in [6.45, 7) is 4.76. The van der Waals surface area contributed by atoms with Crippen molar-refractivity contribution in [2.75, 3.05) is 0 Å². The van der Waals surface area contributed by atoms with Crippen molar-refractivity contribution >= 4 is 27.3 Å². The zero-order valence-electron chi connectivity index (χ0n) is 11.6. The molecule has 9 heteroatoms. The average Bonchev–Trinajstić information content (AvgIpc) is 2.95. The van der Waals surface area contributed by atoms with Crippen molar-refractivity contribution < 1.29 is 22.7 Å². The van der Waals surface area contributed by atoms with Crippen LogP contribution in [0.25, 0.3) is 0 Å². The second kappa shape index (κ2) is 5.24. The van der Waals surface area contributed by atoms with Gasteiger partial charge in [-0.1, -0.05) is 0 Å². The highest BCUT2D eigenvalue weighted by atomic mass is 32.2. The van der Waals surface area contributed by atoms with Crippen molar-refractivity contribution in [1.29, 1.82) is 0 Å². The summed E-state index contributed by atoms with van der Waals surface area (Å²) in [4.78, 5) is 14.8. The third kappa shape index (κ3) is 3.14. The minimum absolute atomic E-state index is 0.0230. The lowest BCUT2D eigenvalue weighted by molar-refractivity contribution is 0.0661. The van der Waals surface area contributed by atoms with E-state index in [4.69, 9.17) is 9.52 Å². The van der Waals surface area contributed by atoms with Crippen LogP contribution in [0.1, 0.15) is 35.2 Å². The Balaban J connectivity index is 2.37. The van der Waals surface area contributed by atoms with E-state index in [2.05, 4.69) is 9.71 Å². The van der Waals surface area contributed by atoms with E-state index in [1.165, 1.54) is 18.3 Å². The standard InChI is InChI=1S/C12H14N2O5S2/c1-7-9(6-8(19-7)10(15)16)21(17,18)14-12(2,3)11-13-4-5-20-11/h4-6,14H,1-3H3,(H,15,16). The van der Waals surface area contributed by atoms with E-state index in [1.54, 1.807) is 25.4 Å². The Hall–Kier alpha value is -1.71. The van der Waals surface area contributed by atoms with Crippen LogP contribution in [0.4, 0.5) is 0 Å². The molecule has 2 heterocycles. The number of sulfonamides is 1. The number of nitrogens with zero attached hydrogens (tertiary/aromatic N) is 1. The van der Waals surface area contributed by atoms with Gasteiger partial charge in [0.2, 0.25) is 15.8 Å². The molecule has 0 saturated heterocycles. The molecule has 0 bridgehead atoms. The van der Waals surface area contributed by atoms with Crippen molar-refractivity contribution in [2.45, 2.75) is 31.2 Å². The van der Waals surface area contributed by atoms with E-state index in [-0.39, 0.29) is 10.7 Å². The van der Waals surface area contributed by atoms with Gasteiger partial charge in [0.1, 0.15) is 15.7 Å². The Morgan fingerprint density at radius 3 is 2.62 bits per heavy atom. The molecule has 2 N–H and O–H groups in total. The summed E-state index contributed by atoms with van der Waals surface area (Å²) in [6, 6.07) is 0.998. The Kier molecular flexibility index (Phi) is 3.91. The first-order chi connectivity index (χ1) is 9.63. The van der Waals surface area contributed by atoms with E-state index in [1.807, 2.05) is 0 Å². The van der Waals surface area contributed by atoms with Gasteiger partial charge in [-0.2, -0.15) is 4.72 Å². The van der Waals surface area contributed by atoms with Crippen LogP contribution >= 0.6 is 11.3 Å². The molecule has 0 saturated carbocycles. The molecule has 2 aromatic heterocycles. The Labute approximate surface area is 125 Å². The Bertz CT molecular complexity index is 760. The first kappa shape index (κ1) is 15.7. The number of carbonyl (C=O) groups is 1. The Morgan fingerprint density at radius 1 is 1.48 bits per heavy atom. The van der Waals surface area contributed by atoms with Crippen LogP contribution in [0.3, 0.4) is 0 Å². The summed E-state index contributed by atoms with van der Waals surface area (Å²) in [5, 5.41) is 11.2. The first-order valence-electron chi connectivity index (χ1n) is 5.91. The van der Waals surface area contributed by atoms with Crippen molar-refractivity contribution in [2.24, 2.45) is 0 Å². The maximum absolute atomic E-state index is 12.4. The summed E-state index contributed by atoms with van der Waals surface area (Å²) in [5.74, 6) is -1.71. The molecule has 0 aliphatic carbocycles. The quantitative estimate of drug-likeness (QED) is 0.867. The van der Waals surface area contributed by atoms with Gasteiger partial charge in [0.05, 0.1) is 5.54 Å². The molecule has 0 aliphatic rings. The van der Waals surface area contributed by atoms with Crippen LogP contribution in [-0.2, 0) is 15.6 Å². The van der Waals surface area contributed by atoms with Gasteiger partial charge in [0.15, 0.2) is 0 Å². The smallest absolute Gasteiger partial charge is 0.371 e. The van der Waals surface area contributed by atoms with Gasteiger partial charge in [-0.15, -0.1) is 11.3 Å². The number of carboxylic acid groups (broad SMARTS) is 1. The maximum Gasteiger partial charge on any atom is 0.371 e. The van der Waals surface area contributed by atoms with E-state index < -0.39 is 27.3 Å². The van der Waals surface area contributed by atoms with Crippen LogP contribution < -0.4 is 4.72 Å². The highest BCUT2D eigenvalue weighted by molar-refractivity contribution is 7.89.